The maximum Gasteiger partial charge on any atom is 0.407 e. The number of allylic oxidation sites excluding steroid dienone is 1. The molecule has 13 heteroatoms. The van der Waals surface area contributed by atoms with Gasteiger partial charge in [-0.05, 0) is 79.4 Å². The first-order valence-electron chi connectivity index (χ1n) is 16.5. The van der Waals surface area contributed by atoms with Crippen LogP contribution in [-0.2, 0) is 19.1 Å². The Kier molecular flexibility index (Phi) is 9.90. The van der Waals surface area contributed by atoms with Crippen LogP contribution < -0.4 is 20.1 Å². The number of carboxylic acids is 1. The van der Waals surface area contributed by atoms with Gasteiger partial charge in [-0.25, -0.2) is 14.6 Å². The number of fused-ring (bicyclic) bond motifs is 3. The molecule has 0 spiro atoms. The van der Waals surface area contributed by atoms with Gasteiger partial charge >= 0.3 is 12.1 Å². The van der Waals surface area contributed by atoms with E-state index in [1.165, 1.54) is 12.0 Å². The molecule has 3 heterocycles. The van der Waals surface area contributed by atoms with Crippen LogP contribution in [0, 0.1) is 5.92 Å². The van der Waals surface area contributed by atoms with Crippen LogP contribution in [0.5, 0.6) is 11.6 Å². The van der Waals surface area contributed by atoms with Gasteiger partial charge in [-0.3, -0.25) is 9.59 Å². The summed E-state index contributed by atoms with van der Waals surface area (Å²) in [4.78, 5) is 59.1. The number of nitrogens with zero attached hydrogens (tertiary/aromatic N) is 2. The number of pyridine rings is 1. The molecule has 2 saturated carbocycles. The van der Waals surface area contributed by atoms with Gasteiger partial charge < -0.3 is 34.9 Å². The lowest BCUT2D eigenvalue weighted by Gasteiger charge is -2.27. The molecule has 2 aliphatic carbocycles. The third-order valence-corrected chi connectivity index (χ3v) is 10.4. The van der Waals surface area contributed by atoms with Crippen molar-refractivity contribution in [3.8, 4) is 11.6 Å². The van der Waals surface area contributed by atoms with Crippen molar-refractivity contribution in [3.05, 3.63) is 40.9 Å². The quantitative estimate of drug-likeness (QED) is 0.356. The Morgan fingerprint density at radius 3 is 2.68 bits per heavy atom. The lowest BCUT2D eigenvalue weighted by molar-refractivity contribution is -0.145. The predicted molar refractivity (Wildman–Crippen MR) is 175 cm³/mol. The third-order valence-electron chi connectivity index (χ3n) is 9.72. The van der Waals surface area contributed by atoms with Gasteiger partial charge in [-0.15, -0.1) is 0 Å². The number of carbonyl (C=O) groups is 4. The lowest BCUT2D eigenvalue weighted by atomic mass is 10.0. The molecular weight excluding hydrogens is 672 g/mol. The summed E-state index contributed by atoms with van der Waals surface area (Å²) in [5, 5.41) is 16.5. The Morgan fingerprint density at radius 1 is 1.13 bits per heavy atom. The van der Waals surface area contributed by atoms with Crippen molar-refractivity contribution in [2.75, 3.05) is 13.7 Å². The molecule has 0 unspecified atom stereocenters. The summed E-state index contributed by atoms with van der Waals surface area (Å²) < 4.78 is 18.3. The van der Waals surface area contributed by atoms with Gasteiger partial charge in [0.05, 0.1) is 19.2 Å². The molecule has 5 atom stereocenters. The standard InChI is InChI=1S/C34H41BrN4O8/c1-45-28-17-27(24-13-8-14-25(35)30(24)37-28)46-23-16-26-31(41)38-34(32(42)43)18-20(34)9-4-2-3-5-10-21(15-29(40)39(26)19-23)36-33(44)47-22-11-6-7-12-22/h4,8-9,13-14,17,20-23,26H,2-3,5-7,10-12,15-16,18-19H2,1H3,(H,36,44)(H,38,41)(H,42,43)/b9-4-/t20-,21+,23-,26+,34-/m1/s1. The number of para-hydroxylation sites is 1. The summed E-state index contributed by atoms with van der Waals surface area (Å²) in [7, 11) is 1.51. The number of alkyl carbamates (subject to hydrolysis) is 1. The molecule has 2 aromatic rings. The first-order chi connectivity index (χ1) is 22.7. The Morgan fingerprint density at radius 2 is 1.91 bits per heavy atom. The molecule has 252 valence electrons. The van der Waals surface area contributed by atoms with E-state index in [4.69, 9.17) is 14.2 Å². The van der Waals surface area contributed by atoms with E-state index in [0.29, 0.717) is 23.6 Å². The van der Waals surface area contributed by atoms with E-state index < -0.39 is 41.7 Å². The van der Waals surface area contributed by atoms with E-state index in [9.17, 15) is 24.3 Å². The first-order valence-corrected chi connectivity index (χ1v) is 17.2. The minimum absolute atomic E-state index is 0.0300. The second kappa shape index (κ2) is 14.1. The maximum absolute atomic E-state index is 14.0. The zero-order valence-electron chi connectivity index (χ0n) is 26.4. The van der Waals surface area contributed by atoms with Gasteiger partial charge in [0, 0.05) is 40.7 Å². The monoisotopic (exact) mass is 712 g/mol. The number of benzene rings is 1. The summed E-state index contributed by atoms with van der Waals surface area (Å²) in [6.07, 6.45) is 9.58. The number of hydrogen-bond acceptors (Lipinski definition) is 8. The molecule has 6 rings (SSSR count). The first kappa shape index (κ1) is 33.0. The van der Waals surface area contributed by atoms with Crippen LogP contribution >= 0.6 is 15.9 Å². The van der Waals surface area contributed by atoms with Crippen molar-refractivity contribution in [2.24, 2.45) is 5.92 Å². The maximum atomic E-state index is 14.0. The second-order valence-corrected chi connectivity index (χ2v) is 13.8. The average molecular weight is 714 g/mol. The highest BCUT2D eigenvalue weighted by Gasteiger charge is 2.61. The highest BCUT2D eigenvalue weighted by atomic mass is 79.9. The minimum Gasteiger partial charge on any atom is -0.488 e. The number of nitrogens with one attached hydrogen (secondary N) is 2. The fraction of sp³-hybridized carbons (Fsp3) is 0.559. The van der Waals surface area contributed by atoms with Gasteiger partial charge in [0.1, 0.15) is 29.5 Å². The average Bonchev–Trinajstić information content (AvgIpc) is 3.32. The molecule has 1 aromatic carbocycles. The number of aliphatic carboxylic acids is 1. The third kappa shape index (κ3) is 7.34. The van der Waals surface area contributed by atoms with E-state index in [1.54, 1.807) is 6.07 Å². The molecule has 1 aromatic heterocycles. The van der Waals surface area contributed by atoms with Crippen LogP contribution in [0.3, 0.4) is 0 Å². The summed E-state index contributed by atoms with van der Waals surface area (Å²) in [5.74, 6) is -1.47. The van der Waals surface area contributed by atoms with Gasteiger partial charge in [0.2, 0.25) is 17.7 Å². The van der Waals surface area contributed by atoms with Crippen LogP contribution in [0.4, 0.5) is 4.79 Å². The summed E-state index contributed by atoms with van der Waals surface area (Å²) in [6.45, 7) is 0.0969. The fourth-order valence-corrected chi connectivity index (χ4v) is 7.50. The number of halogens is 1. The Hall–Kier alpha value is -3.87. The number of amides is 3. The number of rotatable bonds is 6. The minimum atomic E-state index is -1.41. The Balaban J connectivity index is 1.26. The van der Waals surface area contributed by atoms with Crippen LogP contribution in [0.25, 0.3) is 10.9 Å². The SMILES string of the molecule is COc1cc(O[C@@H]2C[C@H]3C(=O)N[C@]4(C(=O)O)C[C@H]4/C=C\CCCC[C@H](NC(=O)OC4CCCC4)CC(=O)N3C2)c2cccc(Br)c2n1. The molecule has 2 aliphatic heterocycles. The number of ether oxygens (including phenoxy) is 3. The Labute approximate surface area is 281 Å². The van der Waals surface area contributed by atoms with E-state index in [2.05, 4.69) is 31.5 Å². The molecule has 3 amide bonds. The van der Waals surface area contributed by atoms with Crippen LogP contribution in [0.1, 0.15) is 70.6 Å². The number of carbonyl (C=O) groups excluding carboxylic acids is 3. The highest BCUT2D eigenvalue weighted by Crippen LogP contribution is 2.45. The van der Waals surface area contributed by atoms with Crippen molar-refractivity contribution >= 4 is 50.7 Å². The molecule has 47 heavy (non-hydrogen) atoms. The fourth-order valence-electron chi connectivity index (χ4n) is 7.04. The normalized spacial score (nSPS) is 29.1. The molecule has 0 bridgehead atoms. The molecule has 3 N–H and O–H groups in total. The number of hydrogen-bond donors (Lipinski definition) is 3. The molecule has 4 aliphatic rings. The van der Waals surface area contributed by atoms with Crippen molar-refractivity contribution in [2.45, 2.75) is 100 Å². The topological polar surface area (TPSA) is 156 Å². The Bertz CT molecular complexity index is 1560. The van der Waals surface area contributed by atoms with E-state index in [1.807, 2.05) is 30.4 Å². The van der Waals surface area contributed by atoms with Crippen molar-refractivity contribution < 1.29 is 38.5 Å². The van der Waals surface area contributed by atoms with E-state index in [0.717, 1.165) is 54.8 Å². The van der Waals surface area contributed by atoms with Crippen LogP contribution in [-0.4, -0.2) is 82.4 Å². The molecule has 1 saturated heterocycles. The number of aromatic nitrogens is 1. The van der Waals surface area contributed by atoms with Gasteiger partial charge in [0.25, 0.3) is 0 Å². The number of carboxylic acid groups (broad SMARTS) is 1. The molecular formula is C34H41BrN4O8. The second-order valence-electron chi connectivity index (χ2n) is 13.0. The van der Waals surface area contributed by atoms with Crippen molar-refractivity contribution in [1.82, 2.24) is 20.5 Å². The molecule has 0 radical (unpaired) electrons. The smallest absolute Gasteiger partial charge is 0.407 e. The zero-order valence-corrected chi connectivity index (χ0v) is 28.0. The van der Waals surface area contributed by atoms with Gasteiger partial charge in [0.15, 0.2) is 0 Å². The molecule has 12 nitrogen and oxygen atoms in total. The summed E-state index contributed by atoms with van der Waals surface area (Å²) in [5.41, 5.74) is -0.769. The lowest BCUT2D eigenvalue weighted by Crippen LogP contribution is -2.53. The van der Waals surface area contributed by atoms with Gasteiger partial charge in [-0.1, -0.05) is 24.6 Å². The van der Waals surface area contributed by atoms with Crippen LogP contribution in [0.15, 0.2) is 40.9 Å². The summed E-state index contributed by atoms with van der Waals surface area (Å²) in [6, 6.07) is 5.81. The predicted octanol–water partition coefficient (Wildman–Crippen LogP) is 4.87. The van der Waals surface area contributed by atoms with Gasteiger partial charge in [-0.2, -0.15) is 0 Å². The van der Waals surface area contributed by atoms with E-state index >= 15 is 0 Å². The highest BCUT2D eigenvalue weighted by molar-refractivity contribution is 9.10. The van der Waals surface area contributed by atoms with Crippen molar-refractivity contribution in [3.63, 3.8) is 0 Å². The largest absolute Gasteiger partial charge is 0.488 e. The number of methoxy groups -OCH3 is 1. The zero-order chi connectivity index (χ0) is 33.1. The van der Waals surface area contributed by atoms with Crippen LogP contribution in [0.2, 0.25) is 0 Å². The molecule has 3 fully saturated rings. The summed E-state index contributed by atoms with van der Waals surface area (Å²) >= 11 is 3.54. The van der Waals surface area contributed by atoms with E-state index in [-0.39, 0.29) is 43.7 Å². The van der Waals surface area contributed by atoms with Crippen molar-refractivity contribution in [1.29, 1.82) is 0 Å².